The van der Waals surface area contributed by atoms with E-state index >= 15 is 0 Å². The third-order valence-electron chi connectivity index (χ3n) is 6.96. The second-order valence-corrected chi connectivity index (χ2v) is 9.68. The van der Waals surface area contributed by atoms with Gasteiger partial charge in [0, 0.05) is 11.4 Å². The average Bonchev–Trinajstić information content (AvgIpc) is 2.91. The molecule has 0 amide bonds. The maximum Gasteiger partial charge on any atom is 0.123 e. The number of pyridine rings is 1. The van der Waals surface area contributed by atoms with Crippen molar-refractivity contribution in [2.75, 3.05) is 5.32 Å². The van der Waals surface area contributed by atoms with E-state index in [4.69, 9.17) is 9.98 Å². The van der Waals surface area contributed by atoms with Gasteiger partial charge in [-0.05, 0) is 93.3 Å². The topological polar surface area (TPSA) is 75.3 Å². The van der Waals surface area contributed by atoms with Crippen LogP contribution in [-0.2, 0) is 0 Å². The number of para-hydroxylation sites is 2. The number of hydrogen-bond acceptors (Lipinski definition) is 5. The van der Waals surface area contributed by atoms with Crippen molar-refractivity contribution >= 4 is 22.4 Å². The molecule has 0 unspecified atom stereocenters. The van der Waals surface area contributed by atoms with Gasteiger partial charge in [-0.15, -0.1) is 0 Å². The Balaban J connectivity index is 1.59. The van der Waals surface area contributed by atoms with E-state index in [1.807, 2.05) is 55.6 Å². The Hall–Kier alpha value is -4.10. The predicted octanol–water partition coefficient (Wildman–Crippen LogP) is 5.92. The van der Waals surface area contributed by atoms with Gasteiger partial charge in [0.05, 0.1) is 57.5 Å². The average molecular weight is 494 g/mol. The van der Waals surface area contributed by atoms with Gasteiger partial charge >= 0.3 is 0 Å². The molecule has 1 saturated carbocycles. The Bertz CT molecular complexity index is 1590. The van der Waals surface area contributed by atoms with Gasteiger partial charge in [-0.1, -0.05) is 12.1 Å². The largest absolute Gasteiger partial charge is 0.393 e. The number of fused-ring (bicyclic) bond motifs is 2. The molecule has 0 atom stereocenters. The summed E-state index contributed by atoms with van der Waals surface area (Å²) in [5.74, 6) is -0.277. The zero-order chi connectivity index (χ0) is 25.4. The molecule has 2 aliphatic carbocycles. The maximum absolute atomic E-state index is 13.8. The predicted molar refractivity (Wildman–Crippen MR) is 144 cm³/mol. The van der Waals surface area contributed by atoms with Crippen molar-refractivity contribution in [1.82, 2.24) is 14.5 Å². The molecule has 3 aliphatic rings. The molecule has 0 bridgehead atoms. The number of aliphatic hydroxyl groups excluding tert-OH is 1. The van der Waals surface area contributed by atoms with Gasteiger partial charge in [-0.2, -0.15) is 0 Å². The van der Waals surface area contributed by atoms with E-state index in [-0.39, 0.29) is 18.0 Å². The monoisotopic (exact) mass is 493 g/mol. The van der Waals surface area contributed by atoms with Gasteiger partial charge < -0.3 is 15.0 Å². The normalized spacial score (nSPS) is 18.4. The van der Waals surface area contributed by atoms with E-state index in [2.05, 4.69) is 20.9 Å². The van der Waals surface area contributed by atoms with Crippen LogP contribution in [0.3, 0.4) is 0 Å². The molecule has 186 valence electrons. The fraction of sp³-hybridized carbons (Fsp3) is 0.233. The maximum atomic E-state index is 13.8. The molecule has 6 nitrogen and oxygen atoms in total. The van der Waals surface area contributed by atoms with Crippen LogP contribution in [0.25, 0.3) is 28.1 Å². The molecule has 1 fully saturated rings. The van der Waals surface area contributed by atoms with Crippen LogP contribution in [0.1, 0.15) is 31.4 Å². The zero-order valence-electron chi connectivity index (χ0n) is 20.6. The van der Waals surface area contributed by atoms with E-state index in [9.17, 15) is 9.50 Å². The lowest BCUT2D eigenvalue weighted by molar-refractivity contribution is 0.123. The number of anilines is 2. The first-order valence-corrected chi connectivity index (χ1v) is 12.7. The number of rotatable bonds is 4. The van der Waals surface area contributed by atoms with Gasteiger partial charge in [0.2, 0.25) is 0 Å². The van der Waals surface area contributed by atoms with Crippen LogP contribution in [0.5, 0.6) is 0 Å². The molecule has 0 spiro atoms. The Morgan fingerprint density at radius 3 is 2.51 bits per heavy atom. The summed E-state index contributed by atoms with van der Waals surface area (Å²) < 4.78 is 15.9. The Labute approximate surface area is 214 Å². The van der Waals surface area contributed by atoms with E-state index in [1.165, 1.54) is 12.1 Å². The van der Waals surface area contributed by atoms with Crippen LogP contribution in [0.15, 0.2) is 84.0 Å². The van der Waals surface area contributed by atoms with Crippen LogP contribution in [0, 0.1) is 12.7 Å². The summed E-state index contributed by atoms with van der Waals surface area (Å²) >= 11 is 0. The summed E-state index contributed by atoms with van der Waals surface area (Å²) in [4.78, 5) is 14.5. The standard InChI is InChI=1S/C30H28FN5O/c1-19-6-9-22(18-32-19)34-26-16-28-30(17-27(26)33-21-10-14-24(37)15-11-21)36(23-12-7-20(31)8-13-23)29-5-3-2-4-25(29)35-28/h2-9,12-13,16-18,21,24,34,37H,10-11,14-15H2,1H3. The Morgan fingerprint density at radius 2 is 1.76 bits per heavy atom. The number of aliphatic hydroxyl groups is 1. The third-order valence-corrected chi connectivity index (χ3v) is 6.96. The lowest BCUT2D eigenvalue weighted by Crippen LogP contribution is -2.24. The molecule has 7 heteroatoms. The van der Waals surface area contributed by atoms with Crippen LogP contribution < -0.4 is 10.7 Å². The molecule has 6 rings (SSSR count). The smallest absolute Gasteiger partial charge is 0.123 e. The molecule has 2 N–H and O–H groups in total. The molecule has 1 aromatic heterocycles. The van der Waals surface area contributed by atoms with Crippen molar-refractivity contribution < 1.29 is 9.50 Å². The molecule has 37 heavy (non-hydrogen) atoms. The molecule has 2 heterocycles. The summed E-state index contributed by atoms with van der Waals surface area (Å²) in [6.07, 6.45) is 4.78. The molecule has 1 aliphatic heterocycles. The number of nitrogens with one attached hydrogen (secondary N) is 1. The van der Waals surface area contributed by atoms with E-state index in [0.29, 0.717) is 0 Å². The fourth-order valence-corrected chi connectivity index (χ4v) is 5.00. The van der Waals surface area contributed by atoms with Crippen molar-refractivity contribution in [3.63, 3.8) is 0 Å². The molecular formula is C30H28FN5O. The van der Waals surface area contributed by atoms with E-state index < -0.39 is 0 Å². The molecule has 3 aromatic rings. The SMILES string of the molecule is Cc1ccc(Nc2cc3nc4ccccc4n(-c4ccc(F)cc4)c-3cc2=NC2CCC(O)CC2)cn1. The van der Waals surface area contributed by atoms with Gasteiger partial charge in [-0.3, -0.25) is 9.98 Å². The summed E-state index contributed by atoms with van der Waals surface area (Å²) in [6.45, 7) is 1.96. The van der Waals surface area contributed by atoms with Crippen molar-refractivity contribution in [3.05, 3.63) is 95.9 Å². The second-order valence-electron chi connectivity index (χ2n) is 9.68. The lowest BCUT2D eigenvalue weighted by atomic mass is 9.93. The van der Waals surface area contributed by atoms with Gasteiger partial charge in [0.1, 0.15) is 5.82 Å². The highest BCUT2D eigenvalue weighted by Gasteiger charge is 2.20. The van der Waals surface area contributed by atoms with Gasteiger partial charge in [-0.25, -0.2) is 9.37 Å². The quantitative estimate of drug-likeness (QED) is 0.305. The van der Waals surface area contributed by atoms with Gasteiger partial charge in [0.25, 0.3) is 0 Å². The van der Waals surface area contributed by atoms with Gasteiger partial charge in [0.15, 0.2) is 0 Å². The third kappa shape index (κ3) is 4.82. The molecule has 0 saturated heterocycles. The van der Waals surface area contributed by atoms with Crippen LogP contribution in [0.4, 0.5) is 15.8 Å². The molecular weight excluding hydrogens is 465 g/mol. The fourth-order valence-electron chi connectivity index (χ4n) is 5.00. The Morgan fingerprint density at radius 1 is 0.973 bits per heavy atom. The Kier molecular flexibility index (Phi) is 6.14. The minimum Gasteiger partial charge on any atom is -0.393 e. The van der Waals surface area contributed by atoms with Crippen LogP contribution in [-0.4, -0.2) is 31.8 Å². The second kappa shape index (κ2) is 9.75. The van der Waals surface area contributed by atoms with Crippen LogP contribution >= 0.6 is 0 Å². The number of nitrogens with zero attached hydrogens (tertiary/aromatic N) is 4. The highest BCUT2D eigenvalue weighted by atomic mass is 19.1. The lowest BCUT2D eigenvalue weighted by Gasteiger charge is -2.23. The minimum absolute atomic E-state index is 0.130. The number of hydrogen-bond donors (Lipinski definition) is 2. The first kappa shape index (κ1) is 23.3. The zero-order valence-corrected chi connectivity index (χ0v) is 20.6. The summed E-state index contributed by atoms with van der Waals surface area (Å²) in [6, 6.07) is 22.7. The number of aromatic nitrogens is 3. The minimum atomic E-state index is -0.277. The number of halogens is 1. The number of aryl methyl sites for hydroxylation is 1. The molecule has 0 radical (unpaired) electrons. The highest BCUT2D eigenvalue weighted by molar-refractivity contribution is 5.84. The van der Waals surface area contributed by atoms with E-state index in [1.54, 1.807) is 12.1 Å². The van der Waals surface area contributed by atoms with E-state index in [0.717, 1.165) is 76.2 Å². The van der Waals surface area contributed by atoms with Crippen molar-refractivity contribution in [2.45, 2.75) is 44.8 Å². The first-order chi connectivity index (χ1) is 18.0. The number of benzene rings is 3. The summed E-state index contributed by atoms with van der Waals surface area (Å²) in [7, 11) is 0. The van der Waals surface area contributed by atoms with Crippen molar-refractivity contribution in [3.8, 4) is 17.1 Å². The van der Waals surface area contributed by atoms with Crippen LogP contribution in [0.2, 0.25) is 0 Å². The summed E-state index contributed by atoms with van der Waals surface area (Å²) in [5.41, 5.74) is 6.95. The first-order valence-electron chi connectivity index (χ1n) is 12.7. The summed E-state index contributed by atoms with van der Waals surface area (Å²) in [5, 5.41) is 14.3. The van der Waals surface area contributed by atoms with Crippen molar-refractivity contribution in [1.29, 1.82) is 0 Å². The van der Waals surface area contributed by atoms with Crippen molar-refractivity contribution in [2.24, 2.45) is 4.99 Å². The highest BCUT2D eigenvalue weighted by Crippen LogP contribution is 2.31. The molecule has 2 aromatic carbocycles.